The number of ether oxygens (including phenoxy) is 3. The second-order valence-electron chi connectivity index (χ2n) is 6.99. The zero-order chi connectivity index (χ0) is 19.3. The Balaban J connectivity index is 2.56. The quantitative estimate of drug-likeness (QED) is 0.276. The van der Waals surface area contributed by atoms with Crippen molar-refractivity contribution >= 4 is 0 Å². The van der Waals surface area contributed by atoms with Crippen molar-refractivity contribution in [2.75, 3.05) is 21.3 Å². The number of methoxy groups -OCH3 is 3. The Morgan fingerprint density at radius 3 is 2.12 bits per heavy atom. The molecule has 0 N–H and O–H groups in total. The van der Waals surface area contributed by atoms with E-state index < -0.39 is 5.97 Å². The van der Waals surface area contributed by atoms with Crippen LogP contribution in [-0.2, 0) is 20.6 Å². The molecule has 0 saturated heterocycles. The molecule has 26 heavy (non-hydrogen) atoms. The SMILES string of the molecule is CCCCCCCCC(CCCc1cccc(F)c1)C(OC)(OC)OC. The summed E-state index contributed by atoms with van der Waals surface area (Å²) in [7, 11) is 4.90. The second kappa shape index (κ2) is 13.2. The van der Waals surface area contributed by atoms with Gasteiger partial charge in [0.15, 0.2) is 0 Å². The van der Waals surface area contributed by atoms with E-state index in [4.69, 9.17) is 14.2 Å². The van der Waals surface area contributed by atoms with Crippen LogP contribution < -0.4 is 0 Å². The Labute approximate surface area is 159 Å². The summed E-state index contributed by atoms with van der Waals surface area (Å²) in [4.78, 5) is 0. The molecular weight excluding hydrogens is 331 g/mol. The largest absolute Gasteiger partial charge is 0.331 e. The maximum atomic E-state index is 13.3. The van der Waals surface area contributed by atoms with Crippen LogP contribution in [0.15, 0.2) is 24.3 Å². The summed E-state index contributed by atoms with van der Waals surface area (Å²) < 4.78 is 30.2. The zero-order valence-electron chi connectivity index (χ0n) is 17.1. The van der Waals surface area contributed by atoms with Crippen LogP contribution in [0.5, 0.6) is 0 Å². The predicted molar refractivity (Wildman–Crippen MR) is 105 cm³/mol. The molecule has 0 aliphatic carbocycles. The molecule has 150 valence electrons. The first-order chi connectivity index (χ1) is 12.6. The molecule has 1 rings (SSSR count). The Hall–Kier alpha value is -0.970. The number of hydrogen-bond donors (Lipinski definition) is 0. The van der Waals surface area contributed by atoms with E-state index in [1.165, 1.54) is 38.2 Å². The molecule has 0 radical (unpaired) electrons. The van der Waals surface area contributed by atoms with E-state index >= 15 is 0 Å². The minimum Gasteiger partial charge on any atom is -0.331 e. The Morgan fingerprint density at radius 1 is 0.885 bits per heavy atom. The van der Waals surface area contributed by atoms with Crippen LogP contribution in [0.25, 0.3) is 0 Å². The van der Waals surface area contributed by atoms with Gasteiger partial charge in [0.25, 0.3) is 5.97 Å². The highest BCUT2D eigenvalue weighted by Crippen LogP contribution is 2.32. The van der Waals surface area contributed by atoms with Crippen molar-refractivity contribution < 1.29 is 18.6 Å². The van der Waals surface area contributed by atoms with E-state index in [2.05, 4.69) is 6.92 Å². The third-order valence-corrected chi connectivity index (χ3v) is 5.17. The third kappa shape index (κ3) is 7.73. The number of hydrogen-bond acceptors (Lipinski definition) is 3. The molecule has 4 heteroatoms. The number of aryl methyl sites for hydroxylation is 1. The monoisotopic (exact) mass is 368 g/mol. The smallest absolute Gasteiger partial charge is 0.285 e. The lowest BCUT2D eigenvalue weighted by molar-refractivity contribution is -0.380. The van der Waals surface area contributed by atoms with Crippen molar-refractivity contribution in [1.29, 1.82) is 0 Å². The summed E-state index contributed by atoms with van der Waals surface area (Å²) in [5.41, 5.74) is 1.03. The van der Waals surface area contributed by atoms with Gasteiger partial charge in [0.1, 0.15) is 5.82 Å². The number of unbranched alkanes of at least 4 members (excludes halogenated alkanes) is 5. The Bertz CT molecular complexity index is 466. The molecule has 0 aliphatic heterocycles. The van der Waals surface area contributed by atoms with E-state index in [1.807, 2.05) is 6.07 Å². The fourth-order valence-electron chi connectivity index (χ4n) is 3.66. The van der Waals surface area contributed by atoms with Crippen LogP contribution in [0, 0.1) is 11.7 Å². The summed E-state index contributed by atoms with van der Waals surface area (Å²) in [6, 6.07) is 6.83. The lowest BCUT2D eigenvalue weighted by atomic mass is 9.91. The molecule has 1 aromatic rings. The van der Waals surface area contributed by atoms with Gasteiger partial charge in [-0.05, 0) is 43.4 Å². The average molecular weight is 369 g/mol. The van der Waals surface area contributed by atoms with E-state index in [1.54, 1.807) is 33.5 Å². The van der Waals surface area contributed by atoms with Crippen molar-refractivity contribution in [2.24, 2.45) is 5.92 Å². The maximum absolute atomic E-state index is 13.3. The highest BCUT2D eigenvalue weighted by molar-refractivity contribution is 5.16. The lowest BCUT2D eigenvalue weighted by Crippen LogP contribution is -2.44. The van der Waals surface area contributed by atoms with E-state index in [0.717, 1.165) is 37.7 Å². The van der Waals surface area contributed by atoms with Gasteiger partial charge in [-0.2, -0.15) is 0 Å². The summed E-state index contributed by atoms with van der Waals surface area (Å²) in [5, 5.41) is 0. The van der Waals surface area contributed by atoms with Gasteiger partial charge in [-0.3, -0.25) is 0 Å². The first-order valence-corrected chi connectivity index (χ1v) is 10.0. The Kier molecular flexibility index (Phi) is 11.7. The topological polar surface area (TPSA) is 27.7 Å². The third-order valence-electron chi connectivity index (χ3n) is 5.17. The van der Waals surface area contributed by atoms with Crippen LogP contribution in [0.1, 0.15) is 70.3 Å². The molecule has 1 atom stereocenters. The van der Waals surface area contributed by atoms with Crippen molar-refractivity contribution in [2.45, 2.75) is 77.1 Å². The summed E-state index contributed by atoms with van der Waals surface area (Å²) in [5.74, 6) is -1.01. The molecule has 0 bridgehead atoms. The van der Waals surface area contributed by atoms with Crippen LogP contribution in [0.2, 0.25) is 0 Å². The van der Waals surface area contributed by atoms with Crippen molar-refractivity contribution in [1.82, 2.24) is 0 Å². The van der Waals surface area contributed by atoms with E-state index in [9.17, 15) is 4.39 Å². The molecule has 0 aromatic heterocycles. The summed E-state index contributed by atoms with van der Waals surface area (Å²) in [6.45, 7) is 2.23. The fraction of sp³-hybridized carbons (Fsp3) is 0.727. The number of benzene rings is 1. The summed E-state index contributed by atoms with van der Waals surface area (Å²) >= 11 is 0. The fourth-order valence-corrected chi connectivity index (χ4v) is 3.66. The average Bonchev–Trinajstić information content (AvgIpc) is 2.66. The molecule has 0 spiro atoms. The van der Waals surface area contributed by atoms with Crippen molar-refractivity contribution in [3.05, 3.63) is 35.6 Å². The Morgan fingerprint density at radius 2 is 1.50 bits per heavy atom. The highest BCUT2D eigenvalue weighted by Gasteiger charge is 2.39. The number of rotatable bonds is 15. The molecule has 0 saturated carbocycles. The molecule has 0 amide bonds. The highest BCUT2D eigenvalue weighted by atomic mass is 19.1. The molecule has 1 aromatic carbocycles. The second-order valence-corrected chi connectivity index (χ2v) is 6.99. The van der Waals surface area contributed by atoms with Gasteiger partial charge in [0, 0.05) is 27.2 Å². The molecule has 1 unspecified atom stereocenters. The van der Waals surface area contributed by atoms with Gasteiger partial charge in [0.05, 0.1) is 0 Å². The standard InChI is InChI=1S/C22H37FO3/c1-5-6-7-8-9-10-15-20(22(24-2,25-3)26-4)16-11-13-19-14-12-17-21(23)18-19/h12,14,17-18,20H,5-11,13,15-16H2,1-4H3. The molecule has 0 heterocycles. The van der Waals surface area contributed by atoms with E-state index in [0.29, 0.717) is 0 Å². The predicted octanol–water partition coefficient (Wildman–Crippen LogP) is 6.11. The number of halogens is 1. The molecule has 3 nitrogen and oxygen atoms in total. The lowest BCUT2D eigenvalue weighted by Gasteiger charge is -2.36. The van der Waals surface area contributed by atoms with Crippen LogP contribution in [-0.4, -0.2) is 27.3 Å². The van der Waals surface area contributed by atoms with Gasteiger partial charge in [-0.15, -0.1) is 0 Å². The van der Waals surface area contributed by atoms with E-state index in [-0.39, 0.29) is 11.7 Å². The molecule has 0 aliphatic rings. The van der Waals surface area contributed by atoms with Crippen molar-refractivity contribution in [3.63, 3.8) is 0 Å². The van der Waals surface area contributed by atoms with Crippen molar-refractivity contribution in [3.8, 4) is 0 Å². The van der Waals surface area contributed by atoms with Gasteiger partial charge >= 0.3 is 0 Å². The maximum Gasteiger partial charge on any atom is 0.285 e. The van der Waals surface area contributed by atoms with Gasteiger partial charge in [-0.1, -0.05) is 57.6 Å². The zero-order valence-corrected chi connectivity index (χ0v) is 17.1. The van der Waals surface area contributed by atoms with Gasteiger partial charge in [-0.25, -0.2) is 4.39 Å². The minimum absolute atomic E-state index is 0.155. The van der Waals surface area contributed by atoms with Crippen LogP contribution in [0.4, 0.5) is 4.39 Å². The minimum atomic E-state index is -0.995. The van der Waals surface area contributed by atoms with Crippen LogP contribution >= 0.6 is 0 Å². The van der Waals surface area contributed by atoms with Gasteiger partial charge < -0.3 is 14.2 Å². The summed E-state index contributed by atoms with van der Waals surface area (Å²) in [6.07, 6.45) is 11.3. The first-order valence-electron chi connectivity index (χ1n) is 10.0. The van der Waals surface area contributed by atoms with Gasteiger partial charge in [0.2, 0.25) is 0 Å². The normalized spacial score (nSPS) is 13.1. The molecular formula is C22H37FO3. The first kappa shape index (κ1) is 23.1. The molecule has 0 fully saturated rings. The van der Waals surface area contributed by atoms with Crippen LogP contribution in [0.3, 0.4) is 0 Å².